The van der Waals surface area contributed by atoms with Crippen LogP contribution in [0.15, 0.2) is 18.2 Å². The summed E-state index contributed by atoms with van der Waals surface area (Å²) in [5.41, 5.74) is -0.337. The zero-order chi connectivity index (χ0) is 20.6. The lowest BCUT2D eigenvalue weighted by Gasteiger charge is -2.51. The molecule has 4 nitrogen and oxygen atoms in total. The lowest BCUT2D eigenvalue weighted by Crippen LogP contribution is -2.68. The van der Waals surface area contributed by atoms with Gasteiger partial charge in [0.1, 0.15) is 0 Å². The van der Waals surface area contributed by atoms with Crippen molar-refractivity contribution >= 4 is 17.5 Å². The van der Waals surface area contributed by atoms with Gasteiger partial charge in [-0.05, 0) is 56.5 Å². The normalized spacial score (nSPS) is 28.4. The van der Waals surface area contributed by atoms with Crippen molar-refractivity contribution in [2.75, 3.05) is 26.2 Å². The van der Waals surface area contributed by atoms with Gasteiger partial charge < -0.3 is 10.2 Å². The van der Waals surface area contributed by atoms with E-state index in [0.29, 0.717) is 24.2 Å². The number of likely N-dealkylation sites (tertiary alicyclic amines) is 1. The molecule has 4 rings (SSSR count). The Labute approximate surface area is 174 Å². The van der Waals surface area contributed by atoms with Crippen LogP contribution in [0.3, 0.4) is 0 Å². The maximum Gasteiger partial charge on any atom is 0.417 e. The number of hydrogen-bond acceptors (Lipinski definition) is 3. The van der Waals surface area contributed by atoms with Crippen LogP contribution >= 0.6 is 11.6 Å². The van der Waals surface area contributed by atoms with Gasteiger partial charge in [0, 0.05) is 25.2 Å². The molecule has 0 radical (unpaired) electrons. The first-order valence-corrected chi connectivity index (χ1v) is 10.8. The molecule has 0 bridgehead atoms. The molecule has 2 aliphatic heterocycles. The van der Waals surface area contributed by atoms with E-state index in [-0.39, 0.29) is 23.4 Å². The highest BCUT2D eigenvalue weighted by Crippen LogP contribution is 2.35. The Balaban J connectivity index is 1.51. The van der Waals surface area contributed by atoms with E-state index in [4.69, 9.17) is 11.6 Å². The first-order chi connectivity index (χ1) is 13.8. The summed E-state index contributed by atoms with van der Waals surface area (Å²) in [4.78, 5) is 17.7. The molecule has 160 valence electrons. The second-order valence-corrected chi connectivity index (χ2v) is 8.78. The van der Waals surface area contributed by atoms with E-state index in [0.717, 1.165) is 45.0 Å². The van der Waals surface area contributed by atoms with Crippen LogP contribution in [0.5, 0.6) is 0 Å². The highest BCUT2D eigenvalue weighted by molar-refractivity contribution is 6.31. The molecule has 0 spiro atoms. The fraction of sp³-hybridized carbons (Fsp3) is 0.667. The fourth-order valence-corrected chi connectivity index (χ4v) is 5.57. The number of alkyl halides is 3. The van der Waals surface area contributed by atoms with E-state index in [9.17, 15) is 18.0 Å². The Morgan fingerprint density at radius 2 is 1.90 bits per heavy atom. The van der Waals surface area contributed by atoms with E-state index in [1.54, 1.807) is 0 Å². The average molecular weight is 430 g/mol. The molecule has 1 amide bonds. The maximum atomic E-state index is 13.2. The molecule has 0 aromatic heterocycles. The number of amides is 1. The summed E-state index contributed by atoms with van der Waals surface area (Å²) in [5, 5.41) is 3.24. The van der Waals surface area contributed by atoms with Gasteiger partial charge in [0.2, 0.25) is 5.91 Å². The highest BCUT2D eigenvalue weighted by atomic mass is 35.5. The van der Waals surface area contributed by atoms with Gasteiger partial charge in [-0.25, -0.2) is 0 Å². The van der Waals surface area contributed by atoms with E-state index in [2.05, 4.69) is 10.2 Å². The molecule has 3 aliphatic rings. The molecule has 8 heteroatoms. The van der Waals surface area contributed by atoms with Crippen LogP contribution in [0.1, 0.15) is 43.2 Å². The van der Waals surface area contributed by atoms with Gasteiger partial charge in [-0.2, -0.15) is 13.2 Å². The number of piperazine rings is 1. The summed E-state index contributed by atoms with van der Waals surface area (Å²) < 4.78 is 38.8. The lowest BCUT2D eigenvalue weighted by molar-refractivity contribution is -0.138. The van der Waals surface area contributed by atoms with Crippen LogP contribution in [0, 0.1) is 0 Å². The lowest BCUT2D eigenvalue weighted by atomic mass is 9.82. The zero-order valence-corrected chi connectivity index (χ0v) is 17.1. The predicted octanol–water partition coefficient (Wildman–Crippen LogP) is 3.72. The number of nitrogens with one attached hydrogen (secondary N) is 1. The first kappa shape index (κ1) is 20.9. The van der Waals surface area contributed by atoms with Gasteiger partial charge in [-0.3, -0.25) is 9.69 Å². The van der Waals surface area contributed by atoms with Crippen molar-refractivity contribution in [3.63, 3.8) is 0 Å². The topological polar surface area (TPSA) is 35.6 Å². The molecule has 3 fully saturated rings. The number of rotatable bonds is 3. The second-order valence-electron chi connectivity index (χ2n) is 8.37. The van der Waals surface area contributed by atoms with Crippen molar-refractivity contribution in [3.05, 3.63) is 34.3 Å². The Kier molecular flexibility index (Phi) is 6.09. The first-order valence-electron chi connectivity index (χ1n) is 10.5. The van der Waals surface area contributed by atoms with Crippen LogP contribution < -0.4 is 5.32 Å². The number of carbonyl (C=O) groups excluding carboxylic acids is 1. The van der Waals surface area contributed by atoms with Crippen molar-refractivity contribution in [1.82, 2.24) is 15.1 Å². The average Bonchev–Trinajstić information content (AvgIpc) is 3.20. The molecule has 1 saturated carbocycles. The van der Waals surface area contributed by atoms with Gasteiger partial charge >= 0.3 is 6.18 Å². The van der Waals surface area contributed by atoms with Gasteiger partial charge in [0.05, 0.1) is 23.0 Å². The Morgan fingerprint density at radius 3 is 2.59 bits per heavy atom. The summed E-state index contributed by atoms with van der Waals surface area (Å²) in [6.45, 7) is 3.57. The second kappa shape index (κ2) is 8.44. The molecular weight excluding hydrogens is 403 g/mol. The monoisotopic (exact) mass is 429 g/mol. The summed E-state index contributed by atoms with van der Waals surface area (Å²) in [5.74, 6) is -0.0246. The predicted molar refractivity (Wildman–Crippen MR) is 106 cm³/mol. The minimum atomic E-state index is -4.49. The number of fused-ring (bicyclic) bond motifs is 1. The molecular formula is C21H27ClF3N3O. The SMILES string of the molecule is O=C(Cc1ccc(C(F)(F)F)c(Cl)c1)N1CCN[C@H]2CCC[C@H](N3CCCC3)[C@H]21. The number of halogens is 4. The third-order valence-corrected chi connectivity index (χ3v) is 6.88. The van der Waals surface area contributed by atoms with Crippen LogP contribution in [0.4, 0.5) is 13.2 Å². The Hall–Kier alpha value is -1.31. The molecule has 1 aliphatic carbocycles. The van der Waals surface area contributed by atoms with E-state index in [1.807, 2.05) is 4.90 Å². The molecule has 2 saturated heterocycles. The minimum absolute atomic E-state index is 0.0246. The molecule has 0 unspecified atom stereocenters. The number of carbonyl (C=O) groups is 1. The van der Waals surface area contributed by atoms with Crippen molar-refractivity contribution < 1.29 is 18.0 Å². The van der Waals surface area contributed by atoms with Crippen molar-refractivity contribution in [2.24, 2.45) is 0 Å². The standard InChI is InChI=1S/C21H27ClF3N3O/c22-16-12-14(6-7-15(16)21(23,24)25)13-19(29)28-11-8-26-17-4-3-5-18(20(17)28)27-9-1-2-10-27/h6-7,12,17-18,20,26H,1-5,8-11,13H2/t17-,18-,20-/m0/s1. The molecule has 2 heterocycles. The molecule has 1 aromatic rings. The quantitative estimate of drug-likeness (QED) is 0.795. The Bertz CT molecular complexity index is 749. The van der Waals surface area contributed by atoms with E-state index >= 15 is 0 Å². The van der Waals surface area contributed by atoms with Crippen LogP contribution in [-0.4, -0.2) is 60.0 Å². The highest BCUT2D eigenvalue weighted by Gasteiger charge is 2.44. The number of nitrogens with zero attached hydrogens (tertiary/aromatic N) is 2. The number of benzene rings is 1. The maximum absolute atomic E-state index is 13.2. The zero-order valence-electron chi connectivity index (χ0n) is 16.3. The van der Waals surface area contributed by atoms with Crippen LogP contribution in [0.2, 0.25) is 5.02 Å². The minimum Gasteiger partial charge on any atom is -0.335 e. The summed E-state index contributed by atoms with van der Waals surface area (Å²) >= 11 is 5.84. The van der Waals surface area contributed by atoms with Gasteiger partial charge in [-0.1, -0.05) is 24.1 Å². The van der Waals surface area contributed by atoms with Gasteiger partial charge in [0.25, 0.3) is 0 Å². The van der Waals surface area contributed by atoms with Crippen molar-refractivity contribution in [3.8, 4) is 0 Å². The fourth-order valence-electron chi connectivity index (χ4n) is 5.26. The third-order valence-electron chi connectivity index (χ3n) is 6.56. The largest absolute Gasteiger partial charge is 0.417 e. The van der Waals surface area contributed by atoms with Crippen molar-refractivity contribution in [1.29, 1.82) is 0 Å². The molecule has 3 atom stereocenters. The van der Waals surface area contributed by atoms with Crippen LogP contribution in [-0.2, 0) is 17.4 Å². The summed E-state index contributed by atoms with van der Waals surface area (Å²) in [6, 6.07) is 4.41. The van der Waals surface area contributed by atoms with Gasteiger partial charge in [0.15, 0.2) is 0 Å². The molecule has 29 heavy (non-hydrogen) atoms. The molecule has 1 aromatic carbocycles. The van der Waals surface area contributed by atoms with E-state index < -0.39 is 11.7 Å². The van der Waals surface area contributed by atoms with E-state index in [1.165, 1.54) is 25.0 Å². The smallest absolute Gasteiger partial charge is 0.335 e. The third kappa shape index (κ3) is 4.42. The summed E-state index contributed by atoms with van der Waals surface area (Å²) in [6.07, 6.45) is 1.32. The Morgan fingerprint density at radius 1 is 1.14 bits per heavy atom. The van der Waals surface area contributed by atoms with Crippen LogP contribution in [0.25, 0.3) is 0 Å². The molecule has 1 N–H and O–H groups in total. The van der Waals surface area contributed by atoms with Gasteiger partial charge in [-0.15, -0.1) is 0 Å². The van der Waals surface area contributed by atoms with Crippen molar-refractivity contribution in [2.45, 2.75) is 62.8 Å². The number of hydrogen-bond donors (Lipinski definition) is 1. The summed E-state index contributed by atoms with van der Waals surface area (Å²) in [7, 11) is 0.